The van der Waals surface area contributed by atoms with Crippen molar-refractivity contribution >= 4 is 5.97 Å². The minimum atomic E-state index is -0.368. The molecule has 1 unspecified atom stereocenters. The lowest BCUT2D eigenvalue weighted by molar-refractivity contribution is -0.155. The smallest absolute Gasteiger partial charge is 0.306 e. The van der Waals surface area contributed by atoms with E-state index in [4.69, 9.17) is 10.5 Å². The predicted molar refractivity (Wildman–Crippen MR) is 62.5 cm³/mol. The Labute approximate surface area is 93.4 Å². The molecule has 3 nitrogen and oxygen atoms in total. The molecule has 15 heavy (non-hydrogen) atoms. The Morgan fingerprint density at radius 1 is 1.33 bits per heavy atom. The molecule has 0 aromatic heterocycles. The Balaban J connectivity index is 3.78. The standard InChI is InChI=1S/C12H25NO2/c1-5-10(8-9-13)6-7-11(14)15-12(2,3)4/h10H,5-9,13H2,1-4H3. The number of rotatable bonds is 6. The zero-order valence-corrected chi connectivity index (χ0v) is 10.5. The first-order valence-corrected chi connectivity index (χ1v) is 5.81. The van der Waals surface area contributed by atoms with E-state index in [0.29, 0.717) is 18.9 Å². The fraction of sp³-hybridized carbons (Fsp3) is 0.917. The van der Waals surface area contributed by atoms with Gasteiger partial charge in [-0.1, -0.05) is 13.3 Å². The molecule has 0 saturated heterocycles. The van der Waals surface area contributed by atoms with Crippen LogP contribution in [0.4, 0.5) is 0 Å². The van der Waals surface area contributed by atoms with Gasteiger partial charge in [-0.3, -0.25) is 4.79 Å². The van der Waals surface area contributed by atoms with Crippen molar-refractivity contribution in [3.8, 4) is 0 Å². The van der Waals surface area contributed by atoms with E-state index in [1.54, 1.807) is 0 Å². The topological polar surface area (TPSA) is 52.3 Å². The SMILES string of the molecule is CCC(CCN)CCC(=O)OC(C)(C)C. The summed E-state index contributed by atoms with van der Waals surface area (Å²) >= 11 is 0. The van der Waals surface area contributed by atoms with Crippen LogP contribution in [0.2, 0.25) is 0 Å². The molecule has 90 valence electrons. The number of carbonyl (C=O) groups is 1. The van der Waals surface area contributed by atoms with Gasteiger partial charge in [0.15, 0.2) is 0 Å². The molecule has 0 aromatic rings. The van der Waals surface area contributed by atoms with Gasteiger partial charge in [0.05, 0.1) is 0 Å². The molecule has 0 radical (unpaired) electrons. The highest BCUT2D eigenvalue weighted by Crippen LogP contribution is 2.16. The maximum Gasteiger partial charge on any atom is 0.306 e. The second-order valence-electron chi connectivity index (χ2n) is 4.98. The van der Waals surface area contributed by atoms with Crippen molar-refractivity contribution < 1.29 is 9.53 Å². The summed E-state index contributed by atoms with van der Waals surface area (Å²) in [6.07, 6.45) is 3.48. The van der Waals surface area contributed by atoms with Crippen LogP contribution in [0.5, 0.6) is 0 Å². The van der Waals surface area contributed by atoms with Crippen molar-refractivity contribution in [1.29, 1.82) is 0 Å². The van der Waals surface area contributed by atoms with E-state index in [9.17, 15) is 4.79 Å². The van der Waals surface area contributed by atoms with E-state index < -0.39 is 0 Å². The number of hydrogen-bond acceptors (Lipinski definition) is 3. The molecule has 0 heterocycles. The molecular weight excluding hydrogens is 190 g/mol. The molecule has 0 fully saturated rings. The molecule has 0 saturated carbocycles. The summed E-state index contributed by atoms with van der Waals surface area (Å²) in [4.78, 5) is 11.4. The van der Waals surface area contributed by atoms with Gasteiger partial charge in [-0.2, -0.15) is 0 Å². The summed E-state index contributed by atoms with van der Waals surface area (Å²) < 4.78 is 5.24. The van der Waals surface area contributed by atoms with Crippen molar-refractivity contribution in [2.75, 3.05) is 6.54 Å². The minimum absolute atomic E-state index is 0.0991. The number of esters is 1. The van der Waals surface area contributed by atoms with Gasteiger partial charge in [-0.15, -0.1) is 0 Å². The minimum Gasteiger partial charge on any atom is -0.460 e. The Morgan fingerprint density at radius 3 is 2.33 bits per heavy atom. The number of nitrogens with two attached hydrogens (primary N) is 1. The van der Waals surface area contributed by atoms with E-state index >= 15 is 0 Å². The fourth-order valence-corrected chi connectivity index (χ4v) is 1.50. The van der Waals surface area contributed by atoms with Crippen LogP contribution >= 0.6 is 0 Å². The largest absolute Gasteiger partial charge is 0.460 e. The van der Waals surface area contributed by atoms with Crippen molar-refractivity contribution in [2.24, 2.45) is 11.7 Å². The lowest BCUT2D eigenvalue weighted by Crippen LogP contribution is -2.24. The van der Waals surface area contributed by atoms with Crippen LogP contribution in [-0.4, -0.2) is 18.1 Å². The molecule has 0 rings (SSSR count). The van der Waals surface area contributed by atoms with E-state index in [1.807, 2.05) is 20.8 Å². The summed E-state index contributed by atoms with van der Waals surface area (Å²) in [5.74, 6) is 0.459. The molecule has 0 aliphatic carbocycles. The van der Waals surface area contributed by atoms with Crippen LogP contribution in [-0.2, 0) is 9.53 Å². The van der Waals surface area contributed by atoms with E-state index in [1.165, 1.54) is 0 Å². The highest BCUT2D eigenvalue weighted by Gasteiger charge is 2.17. The van der Waals surface area contributed by atoms with Gasteiger partial charge in [0.1, 0.15) is 5.60 Å². The van der Waals surface area contributed by atoms with Gasteiger partial charge in [0, 0.05) is 6.42 Å². The molecule has 2 N–H and O–H groups in total. The van der Waals surface area contributed by atoms with Crippen LogP contribution in [0.1, 0.15) is 53.4 Å². The third-order valence-corrected chi connectivity index (χ3v) is 2.33. The van der Waals surface area contributed by atoms with E-state index in [-0.39, 0.29) is 11.6 Å². The van der Waals surface area contributed by atoms with Gasteiger partial charge >= 0.3 is 5.97 Å². The number of carbonyl (C=O) groups excluding carboxylic acids is 1. The van der Waals surface area contributed by atoms with Crippen LogP contribution < -0.4 is 5.73 Å². The highest BCUT2D eigenvalue weighted by atomic mass is 16.6. The van der Waals surface area contributed by atoms with Gasteiger partial charge < -0.3 is 10.5 Å². The van der Waals surface area contributed by atoms with Gasteiger partial charge in [0.2, 0.25) is 0 Å². The summed E-state index contributed by atoms with van der Waals surface area (Å²) in [6.45, 7) is 8.51. The van der Waals surface area contributed by atoms with Crippen molar-refractivity contribution in [2.45, 2.75) is 59.0 Å². The molecular formula is C12H25NO2. The molecule has 0 amide bonds. The lowest BCUT2D eigenvalue weighted by atomic mass is 9.97. The summed E-state index contributed by atoms with van der Waals surface area (Å²) in [7, 11) is 0. The summed E-state index contributed by atoms with van der Waals surface area (Å²) in [6, 6.07) is 0. The quantitative estimate of drug-likeness (QED) is 0.692. The third-order valence-electron chi connectivity index (χ3n) is 2.33. The normalized spacial score (nSPS) is 13.7. The van der Waals surface area contributed by atoms with Crippen molar-refractivity contribution in [1.82, 2.24) is 0 Å². The monoisotopic (exact) mass is 215 g/mol. The van der Waals surface area contributed by atoms with Crippen LogP contribution in [0, 0.1) is 5.92 Å². The Bertz CT molecular complexity index is 185. The number of hydrogen-bond donors (Lipinski definition) is 1. The Hall–Kier alpha value is -0.570. The third kappa shape index (κ3) is 8.43. The second-order valence-corrected chi connectivity index (χ2v) is 4.98. The summed E-state index contributed by atoms with van der Waals surface area (Å²) in [5.41, 5.74) is 5.13. The predicted octanol–water partition coefficient (Wildman–Crippen LogP) is 2.48. The van der Waals surface area contributed by atoms with Crippen molar-refractivity contribution in [3.05, 3.63) is 0 Å². The first-order chi connectivity index (χ1) is 6.89. The maximum absolute atomic E-state index is 11.4. The molecule has 1 atom stereocenters. The molecule has 0 aliphatic heterocycles. The molecule has 0 aromatic carbocycles. The van der Waals surface area contributed by atoms with Gasteiger partial charge in [-0.25, -0.2) is 0 Å². The maximum atomic E-state index is 11.4. The molecule has 0 aliphatic rings. The van der Waals surface area contributed by atoms with E-state index in [2.05, 4.69) is 6.92 Å². The van der Waals surface area contributed by atoms with Crippen molar-refractivity contribution in [3.63, 3.8) is 0 Å². The average molecular weight is 215 g/mol. The second kappa shape index (κ2) is 6.83. The van der Waals surface area contributed by atoms with Crippen LogP contribution in [0.15, 0.2) is 0 Å². The van der Waals surface area contributed by atoms with Crippen LogP contribution in [0.25, 0.3) is 0 Å². The highest BCUT2D eigenvalue weighted by molar-refractivity contribution is 5.69. The van der Waals surface area contributed by atoms with Crippen LogP contribution in [0.3, 0.4) is 0 Å². The van der Waals surface area contributed by atoms with E-state index in [0.717, 1.165) is 19.3 Å². The molecule has 0 bridgehead atoms. The first-order valence-electron chi connectivity index (χ1n) is 5.81. The average Bonchev–Trinajstić information content (AvgIpc) is 2.09. The molecule has 3 heteroatoms. The van der Waals surface area contributed by atoms with Gasteiger partial charge in [-0.05, 0) is 46.1 Å². The van der Waals surface area contributed by atoms with Gasteiger partial charge in [0.25, 0.3) is 0 Å². The lowest BCUT2D eigenvalue weighted by Gasteiger charge is -2.20. The molecule has 0 spiro atoms. The first kappa shape index (κ1) is 14.4. The zero-order valence-electron chi connectivity index (χ0n) is 10.5. The Morgan fingerprint density at radius 2 is 1.93 bits per heavy atom. The number of ether oxygens (including phenoxy) is 1. The Kier molecular flexibility index (Phi) is 6.57. The summed E-state index contributed by atoms with van der Waals surface area (Å²) in [5, 5.41) is 0. The fourth-order valence-electron chi connectivity index (χ4n) is 1.50. The zero-order chi connectivity index (χ0) is 11.9.